The SMILES string of the molecule is CCCOc1ccccc1C(=O)c1cn[nH]c1N. The summed E-state index contributed by atoms with van der Waals surface area (Å²) in [5.74, 6) is 0.656. The molecule has 0 amide bonds. The molecule has 5 nitrogen and oxygen atoms in total. The van der Waals surface area contributed by atoms with Crippen LogP contribution in [0.25, 0.3) is 0 Å². The van der Waals surface area contributed by atoms with Gasteiger partial charge >= 0.3 is 0 Å². The molecule has 0 aliphatic rings. The molecule has 1 heterocycles. The van der Waals surface area contributed by atoms with E-state index in [-0.39, 0.29) is 11.6 Å². The average Bonchev–Trinajstić information content (AvgIpc) is 2.82. The van der Waals surface area contributed by atoms with Crippen LogP contribution in [0.5, 0.6) is 5.75 Å². The van der Waals surface area contributed by atoms with Crippen LogP contribution in [0.3, 0.4) is 0 Å². The highest BCUT2D eigenvalue weighted by atomic mass is 16.5. The van der Waals surface area contributed by atoms with E-state index in [9.17, 15) is 4.79 Å². The highest BCUT2D eigenvalue weighted by Crippen LogP contribution is 2.23. The summed E-state index contributed by atoms with van der Waals surface area (Å²) in [6.07, 6.45) is 2.31. The molecule has 2 rings (SSSR count). The van der Waals surface area contributed by atoms with Gasteiger partial charge in [-0.05, 0) is 18.6 Å². The molecular formula is C13H15N3O2. The number of carbonyl (C=O) groups excluding carboxylic acids is 1. The second-order valence-electron chi connectivity index (χ2n) is 3.87. The Bertz CT molecular complexity index is 549. The van der Waals surface area contributed by atoms with E-state index < -0.39 is 0 Å². The number of benzene rings is 1. The summed E-state index contributed by atoms with van der Waals surface area (Å²) in [6.45, 7) is 2.59. The standard InChI is InChI=1S/C13H15N3O2/c1-2-7-18-11-6-4-3-5-9(11)12(17)10-8-15-16-13(10)14/h3-6,8H,2,7H2,1H3,(H3,14,15,16). The van der Waals surface area contributed by atoms with Crippen molar-refractivity contribution in [1.82, 2.24) is 10.2 Å². The quantitative estimate of drug-likeness (QED) is 0.789. The molecule has 0 spiro atoms. The molecule has 0 aliphatic carbocycles. The summed E-state index contributed by atoms with van der Waals surface area (Å²) in [5, 5.41) is 6.30. The zero-order valence-electron chi connectivity index (χ0n) is 10.1. The number of ether oxygens (including phenoxy) is 1. The monoisotopic (exact) mass is 245 g/mol. The van der Waals surface area contributed by atoms with Crippen molar-refractivity contribution >= 4 is 11.6 Å². The average molecular weight is 245 g/mol. The number of aromatic nitrogens is 2. The van der Waals surface area contributed by atoms with Gasteiger partial charge in [0, 0.05) is 0 Å². The molecule has 18 heavy (non-hydrogen) atoms. The van der Waals surface area contributed by atoms with Gasteiger partial charge in [-0.3, -0.25) is 9.89 Å². The van der Waals surface area contributed by atoms with Crippen LogP contribution in [0, 0.1) is 0 Å². The lowest BCUT2D eigenvalue weighted by molar-refractivity contribution is 0.103. The minimum atomic E-state index is -0.187. The topological polar surface area (TPSA) is 81.0 Å². The number of hydrogen-bond acceptors (Lipinski definition) is 4. The van der Waals surface area contributed by atoms with Crippen LogP contribution in [-0.2, 0) is 0 Å². The van der Waals surface area contributed by atoms with Crippen LogP contribution in [0.15, 0.2) is 30.5 Å². The van der Waals surface area contributed by atoms with Crippen LogP contribution >= 0.6 is 0 Å². The predicted molar refractivity (Wildman–Crippen MR) is 68.7 cm³/mol. The van der Waals surface area contributed by atoms with Crippen molar-refractivity contribution in [2.24, 2.45) is 0 Å². The Balaban J connectivity index is 2.33. The van der Waals surface area contributed by atoms with Crippen molar-refractivity contribution in [3.8, 4) is 5.75 Å². The van der Waals surface area contributed by atoms with E-state index in [0.717, 1.165) is 6.42 Å². The highest BCUT2D eigenvalue weighted by Gasteiger charge is 2.17. The van der Waals surface area contributed by atoms with Gasteiger partial charge in [-0.15, -0.1) is 0 Å². The molecule has 0 bridgehead atoms. The first-order valence-electron chi connectivity index (χ1n) is 5.79. The molecule has 0 saturated carbocycles. The van der Waals surface area contributed by atoms with Gasteiger partial charge in [-0.2, -0.15) is 5.10 Å². The highest BCUT2D eigenvalue weighted by molar-refractivity contribution is 6.13. The number of para-hydroxylation sites is 1. The lowest BCUT2D eigenvalue weighted by atomic mass is 10.0. The van der Waals surface area contributed by atoms with Gasteiger partial charge in [-0.1, -0.05) is 19.1 Å². The van der Waals surface area contributed by atoms with E-state index >= 15 is 0 Å². The van der Waals surface area contributed by atoms with Crippen molar-refractivity contribution in [2.75, 3.05) is 12.3 Å². The zero-order chi connectivity index (χ0) is 13.0. The molecule has 0 aliphatic heterocycles. The Morgan fingerprint density at radius 1 is 1.39 bits per heavy atom. The smallest absolute Gasteiger partial charge is 0.202 e. The number of anilines is 1. The number of H-pyrrole nitrogens is 1. The number of nitrogen functional groups attached to an aromatic ring is 1. The number of nitrogens with one attached hydrogen (secondary N) is 1. The zero-order valence-corrected chi connectivity index (χ0v) is 10.1. The van der Waals surface area contributed by atoms with Crippen LogP contribution in [0.2, 0.25) is 0 Å². The summed E-state index contributed by atoms with van der Waals surface area (Å²) in [5.41, 5.74) is 6.51. The van der Waals surface area contributed by atoms with Gasteiger partial charge in [-0.25, -0.2) is 0 Å². The molecule has 3 N–H and O–H groups in total. The van der Waals surface area contributed by atoms with Crippen molar-refractivity contribution < 1.29 is 9.53 Å². The third kappa shape index (κ3) is 2.34. The van der Waals surface area contributed by atoms with Gasteiger partial charge in [0.05, 0.1) is 23.9 Å². The molecule has 1 aromatic carbocycles. The van der Waals surface area contributed by atoms with Crippen molar-refractivity contribution in [1.29, 1.82) is 0 Å². The first-order valence-corrected chi connectivity index (χ1v) is 5.79. The molecular weight excluding hydrogens is 230 g/mol. The minimum Gasteiger partial charge on any atom is -0.493 e. The third-order valence-corrected chi connectivity index (χ3v) is 2.51. The fourth-order valence-electron chi connectivity index (χ4n) is 1.61. The Morgan fingerprint density at radius 2 is 2.17 bits per heavy atom. The maximum atomic E-state index is 12.3. The maximum absolute atomic E-state index is 12.3. The van der Waals surface area contributed by atoms with Crippen LogP contribution < -0.4 is 10.5 Å². The molecule has 0 unspecified atom stereocenters. The number of rotatable bonds is 5. The Labute approximate surface area is 105 Å². The Kier molecular flexibility index (Phi) is 3.62. The third-order valence-electron chi connectivity index (χ3n) is 2.51. The number of nitrogens with zero attached hydrogens (tertiary/aromatic N) is 1. The Hall–Kier alpha value is -2.30. The fourth-order valence-corrected chi connectivity index (χ4v) is 1.61. The lowest BCUT2D eigenvalue weighted by Gasteiger charge is -2.09. The van der Waals surface area contributed by atoms with Crippen LogP contribution in [0.1, 0.15) is 29.3 Å². The van der Waals surface area contributed by atoms with E-state index in [0.29, 0.717) is 23.5 Å². The minimum absolute atomic E-state index is 0.187. The summed E-state index contributed by atoms with van der Waals surface area (Å²) in [4.78, 5) is 12.3. The number of aromatic amines is 1. The number of ketones is 1. The second kappa shape index (κ2) is 5.35. The summed E-state index contributed by atoms with van der Waals surface area (Å²) in [6, 6.07) is 7.13. The molecule has 0 radical (unpaired) electrons. The fraction of sp³-hybridized carbons (Fsp3) is 0.231. The predicted octanol–water partition coefficient (Wildman–Crippen LogP) is 2.01. The van der Waals surface area contributed by atoms with E-state index in [2.05, 4.69) is 10.2 Å². The largest absolute Gasteiger partial charge is 0.493 e. The van der Waals surface area contributed by atoms with E-state index in [1.807, 2.05) is 13.0 Å². The molecule has 5 heteroatoms. The summed E-state index contributed by atoms with van der Waals surface area (Å²) in [7, 11) is 0. The first kappa shape index (κ1) is 12.2. The van der Waals surface area contributed by atoms with Crippen molar-refractivity contribution in [2.45, 2.75) is 13.3 Å². The lowest BCUT2D eigenvalue weighted by Crippen LogP contribution is -2.07. The first-order chi connectivity index (χ1) is 8.74. The summed E-state index contributed by atoms with van der Waals surface area (Å²) >= 11 is 0. The summed E-state index contributed by atoms with van der Waals surface area (Å²) < 4.78 is 5.55. The van der Waals surface area contributed by atoms with E-state index in [1.54, 1.807) is 18.2 Å². The van der Waals surface area contributed by atoms with Gasteiger partial charge in [0.2, 0.25) is 5.78 Å². The molecule has 0 fully saturated rings. The molecule has 0 saturated heterocycles. The molecule has 0 atom stereocenters. The normalized spacial score (nSPS) is 10.3. The van der Waals surface area contributed by atoms with E-state index in [4.69, 9.17) is 10.5 Å². The Morgan fingerprint density at radius 3 is 2.83 bits per heavy atom. The maximum Gasteiger partial charge on any atom is 0.202 e. The molecule has 94 valence electrons. The molecule has 1 aromatic heterocycles. The van der Waals surface area contributed by atoms with Crippen LogP contribution in [-0.4, -0.2) is 22.6 Å². The number of nitrogens with two attached hydrogens (primary N) is 1. The van der Waals surface area contributed by atoms with Gasteiger partial charge in [0.15, 0.2) is 0 Å². The van der Waals surface area contributed by atoms with E-state index in [1.165, 1.54) is 6.20 Å². The number of carbonyl (C=O) groups is 1. The van der Waals surface area contributed by atoms with Crippen LogP contribution in [0.4, 0.5) is 5.82 Å². The van der Waals surface area contributed by atoms with Crippen molar-refractivity contribution in [3.05, 3.63) is 41.6 Å². The second-order valence-corrected chi connectivity index (χ2v) is 3.87. The van der Waals surface area contributed by atoms with Crippen molar-refractivity contribution in [3.63, 3.8) is 0 Å². The van der Waals surface area contributed by atoms with Gasteiger partial charge in [0.1, 0.15) is 11.6 Å². The number of hydrogen-bond donors (Lipinski definition) is 2. The molecule has 2 aromatic rings. The van der Waals surface area contributed by atoms with Gasteiger partial charge < -0.3 is 10.5 Å². The van der Waals surface area contributed by atoms with Gasteiger partial charge in [0.25, 0.3) is 0 Å².